The van der Waals surface area contributed by atoms with Crippen molar-refractivity contribution in [1.82, 2.24) is 10.2 Å². The van der Waals surface area contributed by atoms with Crippen molar-refractivity contribution in [3.63, 3.8) is 0 Å². The number of rotatable bonds is 7. The van der Waals surface area contributed by atoms with Gasteiger partial charge in [0.15, 0.2) is 6.61 Å². The van der Waals surface area contributed by atoms with E-state index in [9.17, 15) is 9.59 Å². The molecule has 5 nitrogen and oxygen atoms in total. The highest BCUT2D eigenvalue weighted by molar-refractivity contribution is 9.10. The van der Waals surface area contributed by atoms with Gasteiger partial charge in [-0.1, -0.05) is 40.2 Å². The van der Waals surface area contributed by atoms with Crippen LogP contribution in [0.5, 0.6) is 5.75 Å². The van der Waals surface area contributed by atoms with Gasteiger partial charge in [0.25, 0.3) is 5.91 Å². The maximum Gasteiger partial charge on any atom is 0.261 e. The number of nitrogens with one attached hydrogen (secondary N) is 1. The Balaban J connectivity index is 2.21. The fourth-order valence-corrected chi connectivity index (χ4v) is 3.44. The van der Waals surface area contributed by atoms with Crippen molar-refractivity contribution in [3.05, 3.63) is 63.6 Å². The van der Waals surface area contributed by atoms with Gasteiger partial charge in [-0.05, 0) is 76.4 Å². The first-order chi connectivity index (χ1) is 14.0. The fourth-order valence-electron chi connectivity index (χ4n) is 2.99. The number of nitrogens with zero attached hydrogens (tertiary/aromatic N) is 1. The third-order valence-electron chi connectivity index (χ3n) is 4.81. The Labute approximate surface area is 187 Å². The second-order valence-corrected chi connectivity index (χ2v) is 9.47. The molecule has 0 aliphatic rings. The van der Waals surface area contributed by atoms with E-state index in [-0.39, 0.29) is 24.0 Å². The maximum absolute atomic E-state index is 13.1. The van der Waals surface area contributed by atoms with E-state index in [4.69, 9.17) is 4.74 Å². The normalized spacial score (nSPS) is 12.2. The first kappa shape index (κ1) is 23.9. The molecule has 0 spiro atoms. The molecule has 0 saturated heterocycles. The Morgan fingerprint density at radius 3 is 2.43 bits per heavy atom. The second-order valence-electron chi connectivity index (χ2n) is 8.55. The molecule has 2 amide bonds. The highest BCUT2D eigenvalue weighted by Crippen LogP contribution is 2.21. The topological polar surface area (TPSA) is 58.6 Å². The number of amides is 2. The third kappa shape index (κ3) is 6.87. The van der Waals surface area contributed by atoms with Crippen molar-refractivity contribution in [2.75, 3.05) is 6.61 Å². The molecule has 0 aliphatic carbocycles. The number of hydrogen-bond donors (Lipinski definition) is 1. The van der Waals surface area contributed by atoms with E-state index >= 15 is 0 Å². The van der Waals surface area contributed by atoms with Crippen molar-refractivity contribution < 1.29 is 14.3 Å². The number of carbonyl (C=O) groups is 2. The summed E-state index contributed by atoms with van der Waals surface area (Å²) in [5.74, 6) is 0.238. The molecule has 1 atom stereocenters. The van der Waals surface area contributed by atoms with Crippen molar-refractivity contribution in [2.24, 2.45) is 0 Å². The Morgan fingerprint density at radius 1 is 1.13 bits per heavy atom. The molecule has 6 heteroatoms. The van der Waals surface area contributed by atoms with E-state index in [1.54, 1.807) is 11.8 Å². The van der Waals surface area contributed by atoms with Gasteiger partial charge in [-0.3, -0.25) is 9.59 Å². The lowest BCUT2D eigenvalue weighted by Gasteiger charge is -2.31. The first-order valence-corrected chi connectivity index (χ1v) is 10.8. The summed E-state index contributed by atoms with van der Waals surface area (Å²) in [6, 6.07) is 12.8. The number of hydrogen-bond acceptors (Lipinski definition) is 3. The first-order valence-electron chi connectivity index (χ1n) is 10.0. The minimum Gasteiger partial charge on any atom is -0.483 e. The van der Waals surface area contributed by atoms with E-state index in [2.05, 4.69) is 21.2 Å². The summed E-state index contributed by atoms with van der Waals surface area (Å²) < 4.78 is 6.74. The quantitative estimate of drug-likeness (QED) is 0.628. The third-order valence-corrected chi connectivity index (χ3v) is 5.31. The van der Waals surface area contributed by atoms with Crippen LogP contribution >= 0.6 is 15.9 Å². The van der Waals surface area contributed by atoms with Crippen LogP contribution in [-0.4, -0.2) is 34.9 Å². The summed E-state index contributed by atoms with van der Waals surface area (Å²) in [6.45, 7) is 11.6. The molecule has 0 heterocycles. The van der Waals surface area contributed by atoms with Gasteiger partial charge < -0.3 is 15.0 Å². The average Bonchev–Trinajstić information content (AvgIpc) is 2.65. The summed E-state index contributed by atoms with van der Waals surface area (Å²) in [6.07, 6.45) is 0. The van der Waals surface area contributed by atoms with Gasteiger partial charge in [0.05, 0.1) is 0 Å². The number of carbonyl (C=O) groups excluding carboxylic acids is 2. The van der Waals surface area contributed by atoms with E-state index < -0.39 is 6.04 Å². The summed E-state index contributed by atoms with van der Waals surface area (Å²) in [5.41, 5.74) is 2.65. The highest BCUT2D eigenvalue weighted by Gasteiger charge is 2.28. The van der Waals surface area contributed by atoms with Crippen LogP contribution in [-0.2, 0) is 16.1 Å². The summed E-state index contributed by atoms with van der Waals surface area (Å²) in [4.78, 5) is 27.5. The zero-order chi connectivity index (χ0) is 22.5. The lowest BCUT2D eigenvalue weighted by atomic mass is 10.1. The number of aryl methyl sites for hydroxylation is 1. The Morgan fingerprint density at radius 2 is 1.80 bits per heavy atom. The maximum atomic E-state index is 13.1. The van der Waals surface area contributed by atoms with Crippen LogP contribution in [0.3, 0.4) is 0 Å². The monoisotopic (exact) mass is 474 g/mol. The molecule has 1 unspecified atom stereocenters. The SMILES string of the molecule is Cc1cccc(OCC(=O)N(Cc2cccc(Br)c2)C(C)C(=O)NC(C)(C)C)c1C. The number of ether oxygens (including phenoxy) is 1. The van der Waals surface area contributed by atoms with Crippen molar-refractivity contribution in [3.8, 4) is 5.75 Å². The lowest BCUT2D eigenvalue weighted by molar-refractivity contribution is -0.142. The molecule has 1 N–H and O–H groups in total. The van der Waals surface area contributed by atoms with Crippen LogP contribution in [0, 0.1) is 13.8 Å². The van der Waals surface area contributed by atoms with Gasteiger partial charge in [0.2, 0.25) is 5.91 Å². The standard InChI is InChI=1S/C24H31BrN2O3/c1-16-9-7-12-21(17(16)2)30-15-22(28)27(14-19-10-8-11-20(25)13-19)18(3)23(29)26-24(4,5)6/h7-13,18H,14-15H2,1-6H3,(H,26,29). The molecule has 2 rings (SSSR count). The molecule has 2 aromatic carbocycles. The molecule has 2 aromatic rings. The molecule has 0 saturated carbocycles. The zero-order valence-corrected chi connectivity index (χ0v) is 20.2. The molecule has 30 heavy (non-hydrogen) atoms. The Bertz CT molecular complexity index is 906. The molecular weight excluding hydrogens is 444 g/mol. The number of benzene rings is 2. The van der Waals surface area contributed by atoms with Crippen LogP contribution in [0.15, 0.2) is 46.9 Å². The van der Waals surface area contributed by atoms with Crippen LogP contribution in [0.4, 0.5) is 0 Å². The summed E-state index contributed by atoms with van der Waals surface area (Å²) in [5, 5.41) is 2.96. The molecule has 162 valence electrons. The molecule has 0 aromatic heterocycles. The highest BCUT2D eigenvalue weighted by atomic mass is 79.9. The number of halogens is 1. The minimum atomic E-state index is -0.641. The zero-order valence-electron chi connectivity index (χ0n) is 18.6. The largest absolute Gasteiger partial charge is 0.483 e. The molecule has 0 radical (unpaired) electrons. The van der Waals surface area contributed by atoms with Gasteiger partial charge in [-0.2, -0.15) is 0 Å². The molecular formula is C24H31BrN2O3. The van der Waals surface area contributed by atoms with Crippen molar-refractivity contribution in [1.29, 1.82) is 0 Å². The van der Waals surface area contributed by atoms with Crippen LogP contribution in [0.1, 0.15) is 44.4 Å². The minimum absolute atomic E-state index is 0.133. The van der Waals surface area contributed by atoms with Gasteiger partial charge in [0.1, 0.15) is 11.8 Å². The van der Waals surface area contributed by atoms with Gasteiger partial charge in [-0.25, -0.2) is 0 Å². The molecule has 0 aliphatic heterocycles. The predicted octanol–water partition coefficient (Wildman–Crippen LogP) is 4.78. The summed E-state index contributed by atoms with van der Waals surface area (Å²) in [7, 11) is 0. The smallest absolute Gasteiger partial charge is 0.261 e. The van der Waals surface area contributed by atoms with Crippen LogP contribution in [0.25, 0.3) is 0 Å². The van der Waals surface area contributed by atoms with E-state index in [0.29, 0.717) is 12.3 Å². The molecule has 0 fully saturated rings. The van der Waals surface area contributed by atoms with Gasteiger partial charge in [-0.15, -0.1) is 0 Å². The molecule has 0 bridgehead atoms. The van der Waals surface area contributed by atoms with Crippen LogP contribution < -0.4 is 10.1 Å². The van der Waals surface area contributed by atoms with Gasteiger partial charge >= 0.3 is 0 Å². The van der Waals surface area contributed by atoms with Crippen LogP contribution in [0.2, 0.25) is 0 Å². The lowest BCUT2D eigenvalue weighted by Crippen LogP contribution is -2.53. The summed E-state index contributed by atoms with van der Waals surface area (Å²) >= 11 is 3.46. The van der Waals surface area contributed by atoms with E-state index in [1.165, 1.54) is 0 Å². The van der Waals surface area contributed by atoms with E-state index in [0.717, 1.165) is 21.2 Å². The van der Waals surface area contributed by atoms with E-state index in [1.807, 2.05) is 77.1 Å². The Hall–Kier alpha value is -2.34. The van der Waals surface area contributed by atoms with Crippen molar-refractivity contribution >= 4 is 27.7 Å². The average molecular weight is 475 g/mol. The Kier molecular flexibility index (Phi) is 8.07. The predicted molar refractivity (Wildman–Crippen MR) is 123 cm³/mol. The second kappa shape index (κ2) is 10.1. The van der Waals surface area contributed by atoms with Gasteiger partial charge in [0, 0.05) is 16.6 Å². The van der Waals surface area contributed by atoms with Crippen molar-refractivity contribution in [2.45, 2.75) is 59.7 Å². The fraction of sp³-hybridized carbons (Fsp3) is 0.417.